The largest absolute Gasteiger partial charge is 0.507 e. The molecule has 8 rings (SSSR count). The predicted octanol–water partition coefficient (Wildman–Crippen LogP) is 7.85. The summed E-state index contributed by atoms with van der Waals surface area (Å²) in [4.78, 5) is 33.3. The van der Waals surface area contributed by atoms with Crippen molar-refractivity contribution in [2.45, 2.75) is 57.6 Å². The highest BCUT2D eigenvalue weighted by Gasteiger charge is 2.60. The molecular weight excluding hydrogens is 625 g/mol. The number of nitrogens with zero attached hydrogens (tertiary/aromatic N) is 2. The number of carbonyl (C=O) groups is 2. The fraction of sp³-hybridized carbons (Fsp3) is 0.472. The van der Waals surface area contributed by atoms with Gasteiger partial charge in [-0.05, 0) is 112 Å². The monoisotopic (exact) mass is 665 g/mol. The van der Waals surface area contributed by atoms with Gasteiger partial charge in [0.05, 0.1) is 10.7 Å². The van der Waals surface area contributed by atoms with E-state index in [0.717, 1.165) is 67.6 Å². The fourth-order valence-corrected chi connectivity index (χ4v) is 8.79. The zero-order valence-corrected chi connectivity index (χ0v) is 27.6. The number of carboxylic acid groups (broad SMARTS) is 1. The van der Waals surface area contributed by atoms with E-state index in [9.17, 15) is 14.7 Å². The first-order chi connectivity index (χ1) is 21.8. The van der Waals surface area contributed by atoms with E-state index in [1.54, 1.807) is 6.07 Å². The average Bonchev–Trinajstić information content (AvgIpc) is 3.54. The topological polar surface area (TPSA) is 101 Å². The van der Waals surface area contributed by atoms with Crippen molar-refractivity contribution < 1.29 is 24.2 Å². The quantitative estimate of drug-likeness (QED) is 0.177. The maximum absolute atomic E-state index is 14.0. The van der Waals surface area contributed by atoms with Crippen LogP contribution in [0.2, 0.25) is 5.02 Å². The van der Waals surface area contributed by atoms with E-state index < -0.39 is 17.8 Å². The lowest BCUT2D eigenvalue weighted by molar-refractivity contribution is -0.191. The molecule has 0 unspecified atom stereocenters. The molecule has 3 aromatic rings. The van der Waals surface area contributed by atoms with Crippen LogP contribution in [0.3, 0.4) is 0 Å². The summed E-state index contributed by atoms with van der Waals surface area (Å²) < 4.78 is 11.8. The van der Waals surface area contributed by atoms with Crippen molar-refractivity contribution in [3.8, 4) is 28.1 Å². The van der Waals surface area contributed by atoms with Crippen LogP contribution in [0.4, 0.5) is 4.79 Å². The Balaban J connectivity index is 0.00000372. The van der Waals surface area contributed by atoms with Crippen molar-refractivity contribution in [1.82, 2.24) is 15.2 Å². The highest BCUT2D eigenvalue weighted by Crippen LogP contribution is 2.58. The summed E-state index contributed by atoms with van der Waals surface area (Å²) in [7, 11) is 0. The van der Waals surface area contributed by atoms with Crippen LogP contribution in [0.1, 0.15) is 61.0 Å². The summed E-state index contributed by atoms with van der Waals surface area (Å²) in [5, 5.41) is 13.4. The van der Waals surface area contributed by atoms with Gasteiger partial charge in [-0.1, -0.05) is 41.9 Å². The van der Waals surface area contributed by atoms with E-state index in [-0.39, 0.29) is 29.9 Å². The molecule has 1 amide bonds. The first-order valence-electron chi connectivity index (χ1n) is 16.3. The maximum atomic E-state index is 14.0. The van der Waals surface area contributed by atoms with Gasteiger partial charge in [0.25, 0.3) is 5.91 Å². The normalized spacial score (nSPS) is 26.4. The maximum Gasteiger partial charge on any atom is 0.507 e. The fourth-order valence-electron chi connectivity index (χ4n) is 8.62. The van der Waals surface area contributed by atoms with Crippen molar-refractivity contribution in [3.05, 3.63) is 70.9 Å². The predicted molar refractivity (Wildman–Crippen MR) is 180 cm³/mol. The number of aryl methyl sites for hydroxylation is 1. The van der Waals surface area contributed by atoms with Crippen LogP contribution in [0, 0.1) is 30.6 Å². The molecule has 8 nitrogen and oxygen atoms in total. The Morgan fingerprint density at radius 1 is 0.978 bits per heavy atom. The minimum absolute atomic E-state index is 0. The number of pyridine rings is 1. The molecule has 2 heterocycles. The minimum atomic E-state index is -1.36. The lowest BCUT2D eigenvalue weighted by Crippen LogP contribution is -2.68. The summed E-state index contributed by atoms with van der Waals surface area (Å²) in [6.07, 6.45) is 5.77. The first-order valence-corrected chi connectivity index (χ1v) is 16.6. The third-order valence-corrected chi connectivity index (χ3v) is 10.9. The molecule has 5 fully saturated rings. The summed E-state index contributed by atoms with van der Waals surface area (Å²) >= 11 is 6.58. The first kappa shape index (κ1) is 32.6. The number of likely N-dealkylation sites (tertiary alicyclic amines) is 1. The SMILES string of the molecule is Cc1ccccc1-c1ccc(C(=O)NC2(OC(=O)O)C3CC4CC(C3)CC2C4)nc1-c1ccc(Cl)c(OCCN2CCCC2)c1.Cl. The second kappa shape index (κ2) is 13.4. The summed E-state index contributed by atoms with van der Waals surface area (Å²) in [5.74, 6) is 1.22. The van der Waals surface area contributed by atoms with Crippen LogP contribution < -0.4 is 10.1 Å². The number of nitrogens with one attached hydrogen (secondary N) is 1. The smallest absolute Gasteiger partial charge is 0.491 e. The molecule has 2 aromatic carbocycles. The number of halogens is 2. The van der Waals surface area contributed by atoms with Gasteiger partial charge in [0.2, 0.25) is 0 Å². The Hall–Kier alpha value is -3.33. The van der Waals surface area contributed by atoms with E-state index in [1.165, 1.54) is 19.3 Å². The average molecular weight is 667 g/mol. The molecular formula is C36H41Cl2N3O5. The summed E-state index contributed by atoms with van der Waals surface area (Å²) in [6, 6.07) is 17.3. The second-order valence-corrected chi connectivity index (χ2v) is 13.8. The number of hydrogen-bond acceptors (Lipinski definition) is 6. The van der Waals surface area contributed by atoms with Crippen molar-refractivity contribution in [3.63, 3.8) is 0 Å². The van der Waals surface area contributed by atoms with Gasteiger partial charge >= 0.3 is 6.16 Å². The van der Waals surface area contributed by atoms with Gasteiger partial charge in [-0.2, -0.15) is 0 Å². The molecule has 1 aromatic heterocycles. The molecule has 0 spiro atoms. The van der Waals surface area contributed by atoms with Crippen LogP contribution >= 0.6 is 24.0 Å². The molecule has 1 aliphatic heterocycles. The van der Waals surface area contributed by atoms with Gasteiger partial charge in [-0.15, -0.1) is 12.4 Å². The Morgan fingerprint density at radius 3 is 2.35 bits per heavy atom. The summed E-state index contributed by atoms with van der Waals surface area (Å²) in [6.45, 7) is 5.61. The third kappa shape index (κ3) is 6.32. The lowest BCUT2D eigenvalue weighted by atomic mass is 9.52. The van der Waals surface area contributed by atoms with Crippen molar-refractivity contribution in [1.29, 1.82) is 0 Å². The Kier molecular flexibility index (Phi) is 9.51. The summed E-state index contributed by atoms with van der Waals surface area (Å²) in [5.41, 5.74) is 3.33. The zero-order valence-electron chi connectivity index (χ0n) is 26.0. The van der Waals surface area contributed by atoms with E-state index >= 15 is 0 Å². The van der Waals surface area contributed by atoms with Gasteiger partial charge in [0.1, 0.15) is 18.1 Å². The highest BCUT2D eigenvalue weighted by atomic mass is 35.5. The number of ether oxygens (including phenoxy) is 2. The second-order valence-electron chi connectivity index (χ2n) is 13.4. The van der Waals surface area contributed by atoms with E-state index in [0.29, 0.717) is 34.9 Å². The number of amides is 1. The Labute approximate surface area is 281 Å². The van der Waals surface area contributed by atoms with Crippen LogP contribution in [0.25, 0.3) is 22.4 Å². The van der Waals surface area contributed by atoms with Gasteiger partial charge in [0, 0.05) is 29.5 Å². The Morgan fingerprint density at radius 2 is 1.67 bits per heavy atom. The van der Waals surface area contributed by atoms with E-state index in [2.05, 4.69) is 10.2 Å². The van der Waals surface area contributed by atoms with Crippen LogP contribution in [0.15, 0.2) is 54.6 Å². The molecule has 1 saturated heterocycles. The van der Waals surface area contributed by atoms with Gasteiger partial charge < -0.3 is 19.9 Å². The molecule has 0 radical (unpaired) electrons. The zero-order chi connectivity index (χ0) is 31.1. The number of hydrogen-bond donors (Lipinski definition) is 2. The third-order valence-electron chi connectivity index (χ3n) is 10.5. The van der Waals surface area contributed by atoms with E-state index in [1.807, 2.05) is 55.5 Å². The van der Waals surface area contributed by atoms with Crippen molar-refractivity contribution in [2.75, 3.05) is 26.2 Å². The molecule has 2 N–H and O–H groups in total. The van der Waals surface area contributed by atoms with Gasteiger partial charge in [0.15, 0.2) is 5.72 Å². The molecule has 4 saturated carbocycles. The van der Waals surface area contributed by atoms with Crippen molar-refractivity contribution >= 4 is 36.1 Å². The van der Waals surface area contributed by atoms with E-state index in [4.69, 9.17) is 26.1 Å². The van der Waals surface area contributed by atoms with Crippen LogP contribution in [0.5, 0.6) is 5.75 Å². The molecule has 10 heteroatoms. The molecule has 4 bridgehead atoms. The van der Waals surface area contributed by atoms with Crippen LogP contribution in [-0.2, 0) is 4.74 Å². The number of aromatic nitrogens is 1. The Bertz CT molecular complexity index is 1580. The standard InChI is InChI=1S/C36H40ClN3O5.ClH/c1-22-6-2-3-7-28(22)29-9-11-31(34(41)39-36(45-35(42)43)26-17-23-16-24(19-26)20-27(36)18-23)38-33(29)25-8-10-30(37)32(21-25)44-15-14-40-12-4-5-13-40;/h2-3,6-11,21,23-24,26-27H,4-5,12-20H2,1H3,(H,39,41)(H,42,43);1H. The minimum Gasteiger partial charge on any atom is -0.491 e. The highest BCUT2D eigenvalue weighted by molar-refractivity contribution is 6.32. The van der Waals surface area contributed by atoms with Gasteiger partial charge in [-0.25, -0.2) is 9.78 Å². The van der Waals surface area contributed by atoms with Crippen molar-refractivity contribution in [2.24, 2.45) is 23.7 Å². The van der Waals surface area contributed by atoms with Crippen LogP contribution in [-0.4, -0.2) is 59.0 Å². The number of carbonyl (C=O) groups excluding carboxylic acids is 1. The number of rotatable bonds is 9. The molecule has 4 aliphatic carbocycles. The number of benzene rings is 2. The molecule has 244 valence electrons. The molecule has 0 atom stereocenters. The molecule has 5 aliphatic rings. The van der Waals surface area contributed by atoms with Gasteiger partial charge in [-0.3, -0.25) is 9.69 Å². The lowest BCUT2D eigenvalue weighted by Gasteiger charge is -2.59. The molecule has 46 heavy (non-hydrogen) atoms.